The zero-order valence-corrected chi connectivity index (χ0v) is 16.2. The van der Waals surface area contributed by atoms with Gasteiger partial charge < -0.3 is 15.5 Å². The van der Waals surface area contributed by atoms with Gasteiger partial charge in [-0.25, -0.2) is 0 Å². The number of carbonyl (C=O) groups excluding carboxylic acids is 1. The Balaban J connectivity index is 0.00000121. The predicted octanol–water partition coefficient (Wildman–Crippen LogP) is 3.64. The topological polar surface area (TPSA) is 44.4 Å². The van der Waals surface area contributed by atoms with E-state index in [2.05, 4.69) is 51.9 Å². The number of carbonyl (C=O) groups is 1. The monoisotopic (exact) mass is 393 g/mol. The van der Waals surface area contributed by atoms with Gasteiger partial charge in [-0.15, -0.1) is 24.8 Å². The molecule has 0 radical (unpaired) electrons. The van der Waals surface area contributed by atoms with Crippen molar-refractivity contribution in [3.8, 4) is 0 Å². The molecule has 4 rings (SSSR count). The molecule has 0 bridgehead atoms. The Morgan fingerprint density at radius 2 is 1.88 bits per heavy atom. The molecule has 1 unspecified atom stereocenters. The molecule has 2 aromatic carbocycles. The van der Waals surface area contributed by atoms with Crippen LogP contribution in [0.2, 0.25) is 0 Å². The van der Waals surface area contributed by atoms with E-state index >= 15 is 0 Å². The second-order valence-electron chi connectivity index (χ2n) is 6.68. The molecule has 1 saturated heterocycles. The summed E-state index contributed by atoms with van der Waals surface area (Å²) in [4.78, 5) is 14.6. The van der Waals surface area contributed by atoms with Gasteiger partial charge in [0.05, 0.1) is 5.92 Å². The van der Waals surface area contributed by atoms with Gasteiger partial charge in [0, 0.05) is 31.0 Å². The summed E-state index contributed by atoms with van der Waals surface area (Å²) >= 11 is 0. The van der Waals surface area contributed by atoms with Gasteiger partial charge in [0.25, 0.3) is 0 Å². The van der Waals surface area contributed by atoms with Crippen LogP contribution >= 0.6 is 24.8 Å². The van der Waals surface area contributed by atoms with Crippen LogP contribution < -0.4 is 15.5 Å². The SMILES string of the molecule is Cl.Cl.O=C(Nc1ccc(CN2CCc3ccccc32)cc1)C1CCNC1. The van der Waals surface area contributed by atoms with E-state index in [4.69, 9.17) is 0 Å². The lowest BCUT2D eigenvalue weighted by Crippen LogP contribution is -2.24. The third kappa shape index (κ3) is 4.50. The maximum absolute atomic E-state index is 12.2. The molecule has 2 N–H and O–H groups in total. The zero-order valence-electron chi connectivity index (χ0n) is 14.6. The first-order valence-electron chi connectivity index (χ1n) is 8.73. The minimum absolute atomic E-state index is 0. The van der Waals surface area contributed by atoms with Gasteiger partial charge in [-0.05, 0) is 48.7 Å². The fourth-order valence-corrected chi connectivity index (χ4v) is 3.61. The third-order valence-corrected chi connectivity index (χ3v) is 5.01. The van der Waals surface area contributed by atoms with Crippen molar-refractivity contribution in [3.05, 3.63) is 59.7 Å². The molecular weight excluding hydrogens is 369 g/mol. The highest BCUT2D eigenvalue weighted by Gasteiger charge is 2.22. The van der Waals surface area contributed by atoms with Gasteiger partial charge in [-0.2, -0.15) is 0 Å². The molecule has 0 aliphatic carbocycles. The minimum atomic E-state index is 0. The van der Waals surface area contributed by atoms with E-state index in [1.807, 2.05) is 12.1 Å². The highest BCUT2D eigenvalue weighted by Crippen LogP contribution is 2.29. The Morgan fingerprint density at radius 1 is 1.12 bits per heavy atom. The van der Waals surface area contributed by atoms with Crippen molar-refractivity contribution in [1.82, 2.24) is 5.32 Å². The lowest BCUT2D eigenvalue weighted by atomic mass is 10.1. The first-order chi connectivity index (χ1) is 11.8. The van der Waals surface area contributed by atoms with Gasteiger partial charge in [0.2, 0.25) is 5.91 Å². The number of amides is 1. The van der Waals surface area contributed by atoms with Crippen LogP contribution in [0.4, 0.5) is 11.4 Å². The number of para-hydroxylation sites is 1. The van der Waals surface area contributed by atoms with Crippen molar-refractivity contribution in [2.45, 2.75) is 19.4 Å². The van der Waals surface area contributed by atoms with Crippen molar-refractivity contribution in [3.63, 3.8) is 0 Å². The van der Waals surface area contributed by atoms with Crippen LogP contribution in [0, 0.1) is 5.92 Å². The number of fused-ring (bicyclic) bond motifs is 1. The highest BCUT2D eigenvalue weighted by molar-refractivity contribution is 5.92. The standard InChI is InChI=1S/C20H23N3O.2ClH/c24-20(17-9-11-21-13-17)22-18-7-5-15(6-8-18)14-23-12-10-16-3-1-2-4-19(16)23;;/h1-8,17,21H,9-14H2,(H,22,24);2*1H. The summed E-state index contributed by atoms with van der Waals surface area (Å²) in [5.74, 6) is 0.229. The van der Waals surface area contributed by atoms with E-state index in [0.29, 0.717) is 0 Å². The molecule has 0 saturated carbocycles. The number of benzene rings is 2. The Bertz CT molecular complexity index is 730. The van der Waals surface area contributed by atoms with Crippen LogP contribution in [0.1, 0.15) is 17.5 Å². The fraction of sp³-hybridized carbons (Fsp3) is 0.350. The summed E-state index contributed by atoms with van der Waals surface area (Å²) in [7, 11) is 0. The van der Waals surface area contributed by atoms with Crippen LogP contribution in [0.15, 0.2) is 48.5 Å². The van der Waals surface area contributed by atoms with E-state index in [9.17, 15) is 4.79 Å². The second kappa shape index (κ2) is 9.26. The summed E-state index contributed by atoms with van der Waals surface area (Å²) in [5, 5.41) is 6.26. The molecule has 4 nitrogen and oxygen atoms in total. The molecule has 0 spiro atoms. The van der Waals surface area contributed by atoms with Crippen molar-refractivity contribution < 1.29 is 4.79 Å². The van der Waals surface area contributed by atoms with Gasteiger partial charge in [-0.3, -0.25) is 4.79 Å². The second-order valence-corrected chi connectivity index (χ2v) is 6.68. The summed E-state index contributed by atoms with van der Waals surface area (Å²) in [6.07, 6.45) is 2.05. The summed E-state index contributed by atoms with van der Waals surface area (Å²) in [6, 6.07) is 16.9. The number of nitrogens with one attached hydrogen (secondary N) is 2. The summed E-state index contributed by atoms with van der Waals surface area (Å²) in [5.41, 5.74) is 4.94. The Morgan fingerprint density at radius 3 is 2.62 bits per heavy atom. The largest absolute Gasteiger partial charge is 0.367 e. The van der Waals surface area contributed by atoms with E-state index in [1.165, 1.54) is 16.8 Å². The van der Waals surface area contributed by atoms with E-state index in [-0.39, 0.29) is 36.6 Å². The number of rotatable bonds is 4. The van der Waals surface area contributed by atoms with Gasteiger partial charge in [0.1, 0.15) is 0 Å². The van der Waals surface area contributed by atoms with Crippen LogP contribution in [-0.2, 0) is 17.8 Å². The summed E-state index contributed by atoms with van der Waals surface area (Å²) in [6.45, 7) is 3.72. The average Bonchev–Trinajstić information content (AvgIpc) is 3.27. The fourth-order valence-electron chi connectivity index (χ4n) is 3.61. The molecule has 26 heavy (non-hydrogen) atoms. The quantitative estimate of drug-likeness (QED) is 0.832. The lowest BCUT2D eigenvalue weighted by molar-refractivity contribution is -0.119. The highest BCUT2D eigenvalue weighted by atomic mass is 35.5. The van der Waals surface area contributed by atoms with Crippen molar-refractivity contribution in [2.24, 2.45) is 5.92 Å². The van der Waals surface area contributed by atoms with Crippen LogP contribution in [0.25, 0.3) is 0 Å². The number of hydrogen-bond acceptors (Lipinski definition) is 3. The van der Waals surface area contributed by atoms with Gasteiger partial charge in [0.15, 0.2) is 0 Å². The Kier molecular flexibility index (Phi) is 7.33. The molecule has 0 aromatic heterocycles. The van der Waals surface area contributed by atoms with Crippen molar-refractivity contribution in [1.29, 1.82) is 0 Å². The molecule has 6 heteroatoms. The molecule has 1 fully saturated rings. The zero-order chi connectivity index (χ0) is 16.4. The van der Waals surface area contributed by atoms with Crippen molar-refractivity contribution >= 4 is 42.1 Å². The first-order valence-corrected chi connectivity index (χ1v) is 8.73. The van der Waals surface area contributed by atoms with Crippen molar-refractivity contribution in [2.75, 3.05) is 29.9 Å². The first kappa shape index (κ1) is 20.6. The van der Waals surface area contributed by atoms with Gasteiger partial charge >= 0.3 is 0 Å². The number of halogens is 2. The molecule has 2 aromatic rings. The number of nitrogens with zero attached hydrogens (tertiary/aromatic N) is 1. The number of anilines is 2. The van der Waals surface area contributed by atoms with E-state index in [0.717, 1.165) is 44.7 Å². The molecule has 2 heterocycles. The maximum atomic E-state index is 12.2. The van der Waals surface area contributed by atoms with Crippen LogP contribution in [0.5, 0.6) is 0 Å². The third-order valence-electron chi connectivity index (χ3n) is 5.01. The predicted molar refractivity (Wildman–Crippen MR) is 112 cm³/mol. The minimum Gasteiger partial charge on any atom is -0.367 e. The molecule has 140 valence electrons. The van der Waals surface area contributed by atoms with Gasteiger partial charge in [-0.1, -0.05) is 30.3 Å². The molecule has 1 atom stereocenters. The Labute approximate surface area is 167 Å². The van der Waals surface area contributed by atoms with Crippen LogP contribution in [0.3, 0.4) is 0 Å². The molecule has 1 amide bonds. The maximum Gasteiger partial charge on any atom is 0.228 e. The molecule has 2 aliphatic rings. The lowest BCUT2D eigenvalue weighted by Gasteiger charge is -2.19. The van der Waals surface area contributed by atoms with Crippen LogP contribution in [-0.4, -0.2) is 25.5 Å². The summed E-state index contributed by atoms with van der Waals surface area (Å²) < 4.78 is 0. The van der Waals surface area contributed by atoms with E-state index < -0.39 is 0 Å². The molecular formula is C20H25Cl2N3O. The normalized spacial score (nSPS) is 17.8. The Hall–Kier alpha value is -1.75. The smallest absolute Gasteiger partial charge is 0.228 e. The number of hydrogen-bond donors (Lipinski definition) is 2. The average molecular weight is 394 g/mol. The molecule has 2 aliphatic heterocycles. The van der Waals surface area contributed by atoms with E-state index in [1.54, 1.807) is 0 Å².